The van der Waals surface area contributed by atoms with Crippen LogP contribution in [-0.4, -0.2) is 4.98 Å². The third-order valence-electron chi connectivity index (χ3n) is 3.22. The average Bonchev–Trinajstić information content (AvgIpc) is 2.79. The predicted molar refractivity (Wildman–Crippen MR) is 75.3 cm³/mol. The maximum atomic E-state index is 6.14. The van der Waals surface area contributed by atoms with Gasteiger partial charge in [-0.05, 0) is 24.6 Å². The Kier molecular flexibility index (Phi) is 3.69. The Hall–Kier alpha value is -0.990. The highest BCUT2D eigenvalue weighted by Gasteiger charge is 2.23. The van der Waals surface area contributed by atoms with E-state index in [1.165, 1.54) is 0 Å². The van der Waals surface area contributed by atoms with E-state index in [4.69, 9.17) is 27.6 Å². The second-order valence-corrected chi connectivity index (χ2v) is 5.73. The lowest BCUT2D eigenvalue weighted by molar-refractivity contribution is 0.380. The minimum atomic E-state index is -0.0237. The maximum Gasteiger partial charge on any atom is 0.227 e. The third-order valence-corrected chi connectivity index (χ3v) is 3.77. The van der Waals surface area contributed by atoms with Crippen molar-refractivity contribution in [1.29, 1.82) is 0 Å². The molecule has 0 aliphatic heterocycles. The van der Waals surface area contributed by atoms with Crippen molar-refractivity contribution in [3.63, 3.8) is 0 Å². The van der Waals surface area contributed by atoms with Crippen LogP contribution in [0, 0.1) is 0 Å². The van der Waals surface area contributed by atoms with Gasteiger partial charge in [0.15, 0.2) is 0 Å². The van der Waals surface area contributed by atoms with Crippen LogP contribution < -0.4 is 0 Å². The Morgan fingerprint density at radius 1 is 1.28 bits per heavy atom. The summed E-state index contributed by atoms with van der Waals surface area (Å²) in [5, 5.41) is 1.15. The fraction of sp³-hybridized carbons (Fsp3) is 0.357. The van der Waals surface area contributed by atoms with E-state index in [1.54, 1.807) is 18.3 Å². The minimum Gasteiger partial charge on any atom is -0.441 e. The van der Waals surface area contributed by atoms with E-state index >= 15 is 0 Å². The molecule has 0 aliphatic carbocycles. The fourth-order valence-electron chi connectivity index (χ4n) is 1.55. The molecule has 0 radical (unpaired) electrons. The minimum absolute atomic E-state index is 0.0237. The van der Waals surface area contributed by atoms with Crippen LogP contribution in [0.15, 0.2) is 28.8 Å². The van der Waals surface area contributed by atoms with Crippen LogP contribution in [-0.2, 0) is 5.41 Å². The van der Waals surface area contributed by atoms with E-state index in [1.807, 2.05) is 6.07 Å². The van der Waals surface area contributed by atoms with Gasteiger partial charge in [0.1, 0.15) is 5.76 Å². The van der Waals surface area contributed by atoms with Gasteiger partial charge in [0.25, 0.3) is 0 Å². The van der Waals surface area contributed by atoms with E-state index in [9.17, 15) is 0 Å². The molecule has 0 saturated heterocycles. The van der Waals surface area contributed by atoms with Crippen molar-refractivity contribution in [2.75, 3.05) is 0 Å². The monoisotopic (exact) mass is 283 g/mol. The molecule has 4 heteroatoms. The van der Waals surface area contributed by atoms with Crippen molar-refractivity contribution in [3.05, 3.63) is 40.2 Å². The number of oxazole rings is 1. The van der Waals surface area contributed by atoms with Gasteiger partial charge in [0.2, 0.25) is 5.89 Å². The molecule has 2 rings (SSSR count). The molecular weight excluding hydrogens is 269 g/mol. The second kappa shape index (κ2) is 4.94. The standard InChI is InChI=1S/C14H15Cl2NO/c1-4-14(2,3)12-8-17-13(18-12)10-6-5-9(15)7-11(10)16/h5-8H,4H2,1-3H3. The molecule has 1 aromatic carbocycles. The van der Waals surface area contributed by atoms with E-state index < -0.39 is 0 Å². The molecule has 0 N–H and O–H groups in total. The predicted octanol–water partition coefficient (Wildman–Crippen LogP) is 5.34. The normalized spacial score (nSPS) is 11.8. The molecule has 2 aromatic rings. The smallest absolute Gasteiger partial charge is 0.227 e. The summed E-state index contributed by atoms with van der Waals surface area (Å²) in [5.41, 5.74) is 0.740. The summed E-state index contributed by atoms with van der Waals surface area (Å²) in [4.78, 5) is 4.30. The fourth-order valence-corrected chi connectivity index (χ4v) is 2.04. The molecule has 0 aliphatic rings. The zero-order chi connectivity index (χ0) is 13.3. The summed E-state index contributed by atoms with van der Waals surface area (Å²) in [6.45, 7) is 6.37. The topological polar surface area (TPSA) is 26.0 Å². The Labute approximate surface area is 117 Å². The lowest BCUT2D eigenvalue weighted by Gasteiger charge is -2.18. The number of hydrogen-bond donors (Lipinski definition) is 0. The molecule has 1 heterocycles. The van der Waals surface area contributed by atoms with Gasteiger partial charge in [0.05, 0.1) is 16.8 Å². The first-order chi connectivity index (χ1) is 8.44. The number of halogens is 2. The summed E-state index contributed by atoms with van der Waals surface area (Å²) < 4.78 is 5.81. The van der Waals surface area contributed by atoms with Crippen molar-refractivity contribution in [3.8, 4) is 11.5 Å². The van der Waals surface area contributed by atoms with Gasteiger partial charge in [-0.15, -0.1) is 0 Å². The number of benzene rings is 1. The van der Waals surface area contributed by atoms with Crippen molar-refractivity contribution in [2.45, 2.75) is 32.6 Å². The van der Waals surface area contributed by atoms with Crippen molar-refractivity contribution in [2.24, 2.45) is 0 Å². The number of hydrogen-bond acceptors (Lipinski definition) is 2. The summed E-state index contributed by atoms with van der Waals surface area (Å²) >= 11 is 12.0. The van der Waals surface area contributed by atoms with Crippen LogP contribution in [0.3, 0.4) is 0 Å². The first-order valence-corrected chi connectivity index (χ1v) is 6.61. The van der Waals surface area contributed by atoms with Gasteiger partial charge >= 0.3 is 0 Å². The summed E-state index contributed by atoms with van der Waals surface area (Å²) in [5.74, 6) is 1.40. The number of rotatable bonds is 3. The zero-order valence-corrected chi connectivity index (χ0v) is 12.1. The molecule has 0 bridgehead atoms. The Balaban J connectivity index is 2.41. The lowest BCUT2D eigenvalue weighted by atomic mass is 9.88. The highest BCUT2D eigenvalue weighted by molar-refractivity contribution is 6.36. The molecule has 0 spiro atoms. The van der Waals surface area contributed by atoms with Crippen molar-refractivity contribution >= 4 is 23.2 Å². The van der Waals surface area contributed by atoms with Gasteiger partial charge in [-0.25, -0.2) is 4.98 Å². The van der Waals surface area contributed by atoms with Gasteiger partial charge in [0, 0.05) is 10.4 Å². The Morgan fingerprint density at radius 3 is 2.61 bits per heavy atom. The number of nitrogens with zero attached hydrogens (tertiary/aromatic N) is 1. The summed E-state index contributed by atoms with van der Waals surface area (Å²) in [6, 6.07) is 5.28. The average molecular weight is 284 g/mol. The van der Waals surface area contributed by atoms with Crippen molar-refractivity contribution < 1.29 is 4.42 Å². The first-order valence-electron chi connectivity index (χ1n) is 5.86. The van der Waals surface area contributed by atoms with Gasteiger partial charge in [-0.2, -0.15) is 0 Å². The largest absolute Gasteiger partial charge is 0.441 e. The van der Waals surface area contributed by atoms with Crippen LogP contribution in [0.1, 0.15) is 33.0 Å². The Morgan fingerprint density at radius 2 is 2.00 bits per heavy atom. The quantitative estimate of drug-likeness (QED) is 0.760. The molecule has 1 aromatic heterocycles. The molecule has 18 heavy (non-hydrogen) atoms. The van der Waals surface area contributed by atoms with E-state index in [0.717, 1.165) is 17.7 Å². The summed E-state index contributed by atoms with van der Waals surface area (Å²) in [7, 11) is 0. The molecular formula is C14H15Cl2NO. The number of aromatic nitrogens is 1. The zero-order valence-electron chi connectivity index (χ0n) is 10.6. The van der Waals surface area contributed by atoms with E-state index in [0.29, 0.717) is 15.9 Å². The maximum absolute atomic E-state index is 6.14. The van der Waals surface area contributed by atoms with Gasteiger partial charge in [-0.3, -0.25) is 0 Å². The molecule has 0 fully saturated rings. The summed E-state index contributed by atoms with van der Waals surface area (Å²) in [6.07, 6.45) is 2.75. The highest BCUT2D eigenvalue weighted by Crippen LogP contribution is 2.33. The van der Waals surface area contributed by atoms with E-state index in [-0.39, 0.29) is 5.41 Å². The van der Waals surface area contributed by atoms with Gasteiger partial charge in [-0.1, -0.05) is 44.0 Å². The Bertz CT molecular complexity index is 561. The van der Waals surface area contributed by atoms with Crippen LogP contribution in [0.5, 0.6) is 0 Å². The molecule has 0 saturated carbocycles. The van der Waals surface area contributed by atoms with Crippen LogP contribution in [0.25, 0.3) is 11.5 Å². The van der Waals surface area contributed by atoms with Crippen LogP contribution in [0.2, 0.25) is 10.0 Å². The lowest BCUT2D eigenvalue weighted by Crippen LogP contribution is -2.13. The molecule has 0 atom stereocenters. The first kappa shape index (κ1) is 13.4. The molecule has 0 amide bonds. The second-order valence-electron chi connectivity index (χ2n) is 4.89. The highest BCUT2D eigenvalue weighted by atomic mass is 35.5. The third kappa shape index (κ3) is 2.55. The molecule has 96 valence electrons. The van der Waals surface area contributed by atoms with Gasteiger partial charge < -0.3 is 4.42 Å². The van der Waals surface area contributed by atoms with Crippen LogP contribution >= 0.6 is 23.2 Å². The molecule has 0 unspecified atom stereocenters. The SMILES string of the molecule is CCC(C)(C)c1cnc(-c2ccc(Cl)cc2Cl)o1. The molecule has 2 nitrogen and oxygen atoms in total. The van der Waals surface area contributed by atoms with Crippen molar-refractivity contribution in [1.82, 2.24) is 4.98 Å². The van der Waals surface area contributed by atoms with E-state index in [2.05, 4.69) is 25.8 Å². The van der Waals surface area contributed by atoms with Crippen LogP contribution in [0.4, 0.5) is 0 Å².